The molecule has 7 heteroatoms. The van der Waals surface area contributed by atoms with Crippen molar-refractivity contribution in [2.24, 2.45) is 7.05 Å². The van der Waals surface area contributed by atoms with Gasteiger partial charge in [-0.3, -0.25) is 14.0 Å². The Kier molecular flexibility index (Phi) is 4.53. The van der Waals surface area contributed by atoms with Gasteiger partial charge in [0.05, 0.1) is 30.7 Å². The second-order valence-corrected chi connectivity index (χ2v) is 8.51. The molecule has 7 nitrogen and oxygen atoms in total. The summed E-state index contributed by atoms with van der Waals surface area (Å²) in [7, 11) is 2.00. The van der Waals surface area contributed by atoms with Gasteiger partial charge in [0.2, 0.25) is 0 Å². The molecule has 7 aromatic rings. The number of ether oxygens (including phenoxy) is 1. The lowest BCUT2D eigenvalue weighted by atomic mass is 10.1. The Hall–Kier alpha value is -5.04. The highest BCUT2D eigenvalue weighted by Gasteiger charge is 2.16. The molecule has 5 heterocycles. The SMILES string of the molecule is C[n+]1[c-]c(-c2cccc(Oc3ccc4c5nccnc5n(-c5ccccn5)c4c3)c2)n2ccccc21. The predicted octanol–water partition coefficient (Wildman–Crippen LogP) is 5.31. The summed E-state index contributed by atoms with van der Waals surface area (Å²) in [6.07, 6.45) is 10.7. The maximum absolute atomic E-state index is 6.35. The van der Waals surface area contributed by atoms with Gasteiger partial charge in [-0.1, -0.05) is 29.8 Å². The lowest BCUT2D eigenvalue weighted by molar-refractivity contribution is -0.648. The van der Waals surface area contributed by atoms with E-state index in [-0.39, 0.29) is 0 Å². The number of fused-ring (bicyclic) bond motifs is 4. The predicted molar refractivity (Wildman–Crippen MR) is 137 cm³/mol. The fourth-order valence-electron chi connectivity index (χ4n) is 4.69. The largest absolute Gasteiger partial charge is 0.458 e. The van der Waals surface area contributed by atoms with E-state index in [9.17, 15) is 0 Å². The summed E-state index contributed by atoms with van der Waals surface area (Å²) in [5.41, 5.74) is 5.58. The molecule has 0 aliphatic heterocycles. The second-order valence-electron chi connectivity index (χ2n) is 8.51. The highest BCUT2D eigenvalue weighted by molar-refractivity contribution is 6.05. The Labute approximate surface area is 206 Å². The average molecular weight is 469 g/mol. The summed E-state index contributed by atoms with van der Waals surface area (Å²) < 4.78 is 12.5. The molecule has 0 saturated carbocycles. The number of rotatable bonds is 4. The third-order valence-corrected chi connectivity index (χ3v) is 6.27. The molecule has 2 aromatic carbocycles. The molecule has 0 aliphatic rings. The Morgan fingerprint density at radius 1 is 0.806 bits per heavy atom. The summed E-state index contributed by atoms with van der Waals surface area (Å²) in [4.78, 5) is 13.7. The van der Waals surface area contributed by atoms with Crippen molar-refractivity contribution >= 4 is 27.7 Å². The van der Waals surface area contributed by atoms with Crippen molar-refractivity contribution < 1.29 is 9.30 Å². The maximum Gasteiger partial charge on any atom is 0.188 e. The van der Waals surface area contributed by atoms with E-state index in [0.29, 0.717) is 5.75 Å². The Bertz CT molecular complexity index is 1890. The zero-order chi connectivity index (χ0) is 24.1. The molecule has 7 rings (SSSR count). The van der Waals surface area contributed by atoms with E-state index in [1.54, 1.807) is 18.6 Å². The molecule has 0 fully saturated rings. The quantitative estimate of drug-likeness (QED) is 0.260. The van der Waals surface area contributed by atoms with Crippen molar-refractivity contribution in [1.29, 1.82) is 0 Å². The van der Waals surface area contributed by atoms with Crippen LogP contribution in [0.5, 0.6) is 11.5 Å². The second kappa shape index (κ2) is 8.02. The van der Waals surface area contributed by atoms with E-state index in [1.807, 2.05) is 89.1 Å². The summed E-state index contributed by atoms with van der Waals surface area (Å²) >= 11 is 0. The lowest BCUT2D eigenvalue weighted by Gasteiger charge is -2.10. The monoisotopic (exact) mass is 468 g/mol. The van der Waals surface area contributed by atoms with Crippen molar-refractivity contribution in [2.45, 2.75) is 0 Å². The zero-order valence-electron chi connectivity index (χ0n) is 19.4. The van der Waals surface area contributed by atoms with Crippen LogP contribution in [0.2, 0.25) is 0 Å². The third kappa shape index (κ3) is 3.21. The number of hydrogen-bond acceptors (Lipinski definition) is 4. The van der Waals surface area contributed by atoms with Gasteiger partial charge in [0.25, 0.3) is 0 Å². The smallest absolute Gasteiger partial charge is 0.188 e. The van der Waals surface area contributed by atoms with E-state index < -0.39 is 0 Å². The zero-order valence-corrected chi connectivity index (χ0v) is 19.4. The number of nitrogens with zero attached hydrogens (tertiary/aromatic N) is 6. The van der Waals surface area contributed by atoms with Crippen molar-refractivity contribution in [3.8, 4) is 28.6 Å². The van der Waals surface area contributed by atoms with Crippen LogP contribution in [-0.2, 0) is 7.05 Å². The minimum Gasteiger partial charge on any atom is -0.458 e. The van der Waals surface area contributed by atoms with Gasteiger partial charge in [0.1, 0.15) is 22.8 Å². The van der Waals surface area contributed by atoms with E-state index in [2.05, 4.69) is 37.7 Å². The molecule has 0 saturated heterocycles. The van der Waals surface area contributed by atoms with Crippen molar-refractivity contribution in [2.75, 3.05) is 0 Å². The summed E-state index contributed by atoms with van der Waals surface area (Å²) in [6, 6.07) is 26.0. The first kappa shape index (κ1) is 20.3. The van der Waals surface area contributed by atoms with Gasteiger partial charge < -0.3 is 9.30 Å². The first-order valence-electron chi connectivity index (χ1n) is 11.6. The molecule has 0 amide bonds. The van der Waals surface area contributed by atoms with E-state index in [0.717, 1.165) is 50.5 Å². The van der Waals surface area contributed by atoms with Crippen LogP contribution in [0.3, 0.4) is 0 Å². The number of aryl methyl sites for hydroxylation is 1. The van der Waals surface area contributed by atoms with Crippen LogP contribution in [0.4, 0.5) is 0 Å². The van der Waals surface area contributed by atoms with E-state index in [1.165, 1.54) is 0 Å². The van der Waals surface area contributed by atoms with E-state index >= 15 is 0 Å². The highest BCUT2D eigenvalue weighted by atomic mass is 16.5. The molecule has 0 radical (unpaired) electrons. The minimum absolute atomic E-state index is 0.717. The number of benzene rings is 2. The van der Waals surface area contributed by atoms with Crippen LogP contribution < -0.4 is 9.30 Å². The summed E-state index contributed by atoms with van der Waals surface area (Å²) in [5.74, 6) is 2.24. The minimum atomic E-state index is 0.717. The van der Waals surface area contributed by atoms with Gasteiger partial charge in [-0.25, -0.2) is 9.97 Å². The third-order valence-electron chi connectivity index (χ3n) is 6.27. The summed E-state index contributed by atoms with van der Waals surface area (Å²) in [6.45, 7) is 0. The van der Waals surface area contributed by atoms with Crippen LogP contribution in [0.25, 0.3) is 44.8 Å². The van der Waals surface area contributed by atoms with Crippen molar-refractivity contribution in [1.82, 2.24) is 23.9 Å². The molecule has 0 bridgehead atoms. The molecule has 172 valence electrons. The summed E-state index contributed by atoms with van der Waals surface area (Å²) in [5, 5.41) is 0.992. The molecular formula is C29H20N6O. The number of hydrogen-bond donors (Lipinski definition) is 0. The van der Waals surface area contributed by atoms with Crippen LogP contribution in [-0.4, -0.2) is 23.9 Å². The normalized spacial score (nSPS) is 11.5. The van der Waals surface area contributed by atoms with Crippen LogP contribution in [0, 0.1) is 6.20 Å². The van der Waals surface area contributed by atoms with E-state index in [4.69, 9.17) is 4.74 Å². The molecule has 36 heavy (non-hydrogen) atoms. The Balaban J connectivity index is 1.33. The molecule has 5 aromatic heterocycles. The Morgan fingerprint density at radius 3 is 2.61 bits per heavy atom. The van der Waals surface area contributed by atoms with Crippen LogP contribution >= 0.6 is 0 Å². The number of aromatic nitrogens is 6. The fourth-order valence-corrected chi connectivity index (χ4v) is 4.69. The van der Waals surface area contributed by atoms with Crippen LogP contribution in [0.1, 0.15) is 0 Å². The molecule has 0 atom stereocenters. The van der Waals surface area contributed by atoms with Gasteiger partial charge in [-0.2, -0.15) is 0 Å². The highest BCUT2D eigenvalue weighted by Crippen LogP contribution is 2.34. The average Bonchev–Trinajstić information content (AvgIpc) is 3.44. The number of pyridine rings is 2. The van der Waals surface area contributed by atoms with Gasteiger partial charge >= 0.3 is 0 Å². The van der Waals surface area contributed by atoms with Crippen LogP contribution in [0.15, 0.2) is 104 Å². The first-order valence-corrected chi connectivity index (χ1v) is 11.6. The van der Waals surface area contributed by atoms with Crippen molar-refractivity contribution in [3.63, 3.8) is 0 Å². The van der Waals surface area contributed by atoms with Gasteiger partial charge in [0, 0.05) is 30.0 Å². The molecular weight excluding hydrogens is 448 g/mol. The topological polar surface area (TPSA) is 61.1 Å². The standard InChI is InChI=1S/C29H20N6O/c1-33-19-25(34-16-5-3-10-27(33)34)20-7-6-8-21(17-20)36-22-11-12-23-24(18-22)35(26-9-2-4-13-30-26)29-28(23)31-14-15-32-29/h2-18H,1H3. The van der Waals surface area contributed by atoms with Gasteiger partial charge in [-0.05, 0) is 42.5 Å². The molecule has 0 spiro atoms. The molecule has 0 unspecified atom stereocenters. The Morgan fingerprint density at radius 2 is 1.69 bits per heavy atom. The fraction of sp³-hybridized carbons (Fsp3) is 0.0345. The van der Waals surface area contributed by atoms with Crippen molar-refractivity contribution in [3.05, 3.63) is 110 Å². The van der Waals surface area contributed by atoms with Gasteiger partial charge in [-0.15, -0.1) is 6.07 Å². The first-order chi connectivity index (χ1) is 17.8. The lowest BCUT2D eigenvalue weighted by Crippen LogP contribution is -2.25. The van der Waals surface area contributed by atoms with Gasteiger partial charge in [0.15, 0.2) is 11.3 Å². The number of imidazole rings is 1. The molecule has 0 aliphatic carbocycles. The molecule has 0 N–H and O–H groups in total. The maximum atomic E-state index is 6.35.